The summed E-state index contributed by atoms with van der Waals surface area (Å²) in [6.45, 7) is 1.93. The molecule has 1 fully saturated rings. The van der Waals surface area contributed by atoms with Crippen molar-refractivity contribution in [2.24, 2.45) is 0 Å². The lowest BCUT2D eigenvalue weighted by Gasteiger charge is -2.19. The summed E-state index contributed by atoms with van der Waals surface area (Å²) in [6.07, 6.45) is 2.74. The van der Waals surface area contributed by atoms with E-state index in [0.717, 1.165) is 24.8 Å². The van der Waals surface area contributed by atoms with Crippen LogP contribution in [0, 0.1) is 6.92 Å². The van der Waals surface area contributed by atoms with Crippen LogP contribution in [0.15, 0.2) is 29.2 Å². The molecule has 0 radical (unpaired) electrons. The molecule has 100 valence electrons. The maximum atomic E-state index is 12.2. The summed E-state index contributed by atoms with van der Waals surface area (Å²) in [5, 5.41) is 0. The number of sulfonamides is 1. The Morgan fingerprint density at radius 2 is 1.89 bits per heavy atom. The van der Waals surface area contributed by atoms with Gasteiger partial charge in [0.1, 0.15) is 0 Å². The fraction of sp³-hybridized carbons (Fsp3) is 0.538. The first-order valence-electron chi connectivity index (χ1n) is 6.15. The van der Waals surface area contributed by atoms with E-state index < -0.39 is 10.0 Å². The minimum Gasteiger partial charge on any atom is -0.380 e. The van der Waals surface area contributed by atoms with Crippen molar-refractivity contribution in [2.75, 3.05) is 7.11 Å². The van der Waals surface area contributed by atoms with Crippen LogP contribution in [0.2, 0.25) is 0 Å². The lowest BCUT2D eigenvalue weighted by atomic mass is 10.2. The van der Waals surface area contributed by atoms with Crippen molar-refractivity contribution >= 4 is 10.0 Å². The Bertz CT molecular complexity index is 495. The summed E-state index contributed by atoms with van der Waals surface area (Å²) in [5.74, 6) is 0. The van der Waals surface area contributed by atoms with Gasteiger partial charge in [0.25, 0.3) is 0 Å². The standard InChI is InChI=1S/C13H19NO3S/c1-10-6-8-11(9-7-10)18(15,16)14-12-4-3-5-13(12)17-2/h6-9,12-14H,3-5H2,1-2H3/t12-,13-/m1/s1. The normalized spacial score (nSPS) is 24.3. The van der Waals surface area contributed by atoms with Crippen LogP contribution < -0.4 is 4.72 Å². The topological polar surface area (TPSA) is 55.4 Å². The Labute approximate surface area is 108 Å². The third kappa shape index (κ3) is 2.91. The van der Waals surface area contributed by atoms with Gasteiger partial charge in [-0.3, -0.25) is 0 Å². The van der Waals surface area contributed by atoms with Crippen molar-refractivity contribution in [1.82, 2.24) is 4.72 Å². The monoisotopic (exact) mass is 269 g/mol. The Hall–Kier alpha value is -0.910. The summed E-state index contributed by atoms with van der Waals surface area (Å²) in [7, 11) is -1.81. The number of methoxy groups -OCH3 is 1. The van der Waals surface area contributed by atoms with E-state index in [2.05, 4.69) is 4.72 Å². The van der Waals surface area contributed by atoms with E-state index in [1.54, 1.807) is 31.4 Å². The highest BCUT2D eigenvalue weighted by atomic mass is 32.2. The van der Waals surface area contributed by atoms with Crippen molar-refractivity contribution in [3.63, 3.8) is 0 Å². The van der Waals surface area contributed by atoms with Crippen molar-refractivity contribution in [1.29, 1.82) is 0 Å². The van der Waals surface area contributed by atoms with E-state index >= 15 is 0 Å². The molecule has 1 aromatic carbocycles. The van der Waals surface area contributed by atoms with Gasteiger partial charge in [0.15, 0.2) is 0 Å². The zero-order chi connectivity index (χ0) is 13.2. The molecule has 1 N–H and O–H groups in total. The molecule has 2 atom stereocenters. The molecule has 0 saturated heterocycles. The zero-order valence-corrected chi connectivity index (χ0v) is 11.5. The van der Waals surface area contributed by atoms with Gasteiger partial charge in [0.2, 0.25) is 10.0 Å². The highest BCUT2D eigenvalue weighted by molar-refractivity contribution is 7.89. The fourth-order valence-electron chi connectivity index (χ4n) is 2.33. The molecular weight excluding hydrogens is 250 g/mol. The quantitative estimate of drug-likeness (QED) is 0.907. The zero-order valence-electron chi connectivity index (χ0n) is 10.7. The Kier molecular flexibility index (Phi) is 4.04. The number of hydrogen-bond donors (Lipinski definition) is 1. The average molecular weight is 269 g/mol. The average Bonchev–Trinajstić information content (AvgIpc) is 2.76. The molecule has 5 heteroatoms. The van der Waals surface area contributed by atoms with Crippen LogP contribution in [0.4, 0.5) is 0 Å². The van der Waals surface area contributed by atoms with Gasteiger partial charge in [-0.2, -0.15) is 0 Å². The Morgan fingerprint density at radius 1 is 1.22 bits per heavy atom. The molecule has 2 rings (SSSR count). The molecule has 0 aromatic heterocycles. The van der Waals surface area contributed by atoms with Crippen LogP contribution in [0.25, 0.3) is 0 Å². The second kappa shape index (κ2) is 5.38. The first-order chi connectivity index (χ1) is 8.53. The molecule has 4 nitrogen and oxygen atoms in total. The van der Waals surface area contributed by atoms with E-state index in [0.29, 0.717) is 4.90 Å². The Balaban J connectivity index is 2.14. The third-order valence-corrected chi connectivity index (χ3v) is 4.90. The van der Waals surface area contributed by atoms with Crippen LogP contribution in [0.1, 0.15) is 24.8 Å². The van der Waals surface area contributed by atoms with E-state index in [-0.39, 0.29) is 12.1 Å². The van der Waals surface area contributed by atoms with Crippen LogP contribution >= 0.6 is 0 Å². The molecule has 0 bridgehead atoms. The van der Waals surface area contributed by atoms with E-state index in [1.165, 1.54) is 0 Å². The number of ether oxygens (including phenoxy) is 1. The van der Waals surface area contributed by atoms with Crippen LogP contribution in [0.5, 0.6) is 0 Å². The number of benzene rings is 1. The second-order valence-electron chi connectivity index (χ2n) is 4.75. The van der Waals surface area contributed by atoms with Gasteiger partial charge < -0.3 is 4.74 Å². The first-order valence-corrected chi connectivity index (χ1v) is 7.63. The molecule has 0 aliphatic heterocycles. The lowest BCUT2D eigenvalue weighted by molar-refractivity contribution is 0.0916. The maximum Gasteiger partial charge on any atom is 0.240 e. The van der Waals surface area contributed by atoms with Crippen molar-refractivity contribution in [2.45, 2.75) is 43.2 Å². The van der Waals surface area contributed by atoms with Crippen LogP contribution in [-0.2, 0) is 14.8 Å². The lowest BCUT2D eigenvalue weighted by Crippen LogP contribution is -2.40. The third-order valence-electron chi connectivity index (χ3n) is 3.39. The molecule has 1 aromatic rings. The van der Waals surface area contributed by atoms with E-state index in [4.69, 9.17) is 4.74 Å². The second-order valence-corrected chi connectivity index (χ2v) is 6.46. The summed E-state index contributed by atoms with van der Waals surface area (Å²) < 4.78 is 32.4. The molecule has 1 aliphatic rings. The van der Waals surface area contributed by atoms with Gasteiger partial charge in [-0.1, -0.05) is 17.7 Å². The van der Waals surface area contributed by atoms with E-state index in [9.17, 15) is 8.42 Å². The van der Waals surface area contributed by atoms with Gasteiger partial charge in [0, 0.05) is 13.2 Å². The van der Waals surface area contributed by atoms with Crippen LogP contribution in [0.3, 0.4) is 0 Å². The number of rotatable bonds is 4. The summed E-state index contributed by atoms with van der Waals surface area (Å²) in [6, 6.07) is 6.76. The smallest absolute Gasteiger partial charge is 0.240 e. The van der Waals surface area contributed by atoms with E-state index in [1.807, 2.05) is 6.92 Å². The Morgan fingerprint density at radius 3 is 2.50 bits per heavy atom. The molecular formula is C13H19NO3S. The van der Waals surface area contributed by atoms with Gasteiger partial charge in [-0.25, -0.2) is 13.1 Å². The SMILES string of the molecule is CO[C@@H]1CCC[C@H]1NS(=O)(=O)c1ccc(C)cc1. The predicted molar refractivity (Wildman–Crippen MR) is 69.9 cm³/mol. The van der Waals surface area contributed by atoms with Crippen molar-refractivity contribution < 1.29 is 13.2 Å². The number of nitrogens with one attached hydrogen (secondary N) is 1. The first kappa shape index (κ1) is 13.5. The van der Waals surface area contributed by atoms with Gasteiger partial charge >= 0.3 is 0 Å². The number of hydrogen-bond acceptors (Lipinski definition) is 3. The summed E-state index contributed by atoms with van der Waals surface area (Å²) in [5.41, 5.74) is 1.05. The van der Waals surface area contributed by atoms with Crippen LogP contribution in [-0.4, -0.2) is 27.7 Å². The molecule has 0 spiro atoms. The highest BCUT2D eigenvalue weighted by Crippen LogP contribution is 2.23. The molecule has 0 amide bonds. The molecule has 1 saturated carbocycles. The molecule has 0 heterocycles. The largest absolute Gasteiger partial charge is 0.380 e. The molecule has 18 heavy (non-hydrogen) atoms. The fourth-order valence-corrected chi connectivity index (χ4v) is 3.63. The summed E-state index contributed by atoms with van der Waals surface area (Å²) >= 11 is 0. The highest BCUT2D eigenvalue weighted by Gasteiger charge is 2.31. The molecule has 0 unspecified atom stereocenters. The van der Waals surface area contributed by atoms with Crippen molar-refractivity contribution in [3.05, 3.63) is 29.8 Å². The van der Waals surface area contributed by atoms with Gasteiger partial charge in [0.05, 0.1) is 11.0 Å². The minimum atomic E-state index is -3.43. The molecule has 1 aliphatic carbocycles. The predicted octanol–water partition coefficient (Wildman–Crippen LogP) is 1.84. The van der Waals surface area contributed by atoms with Gasteiger partial charge in [-0.05, 0) is 38.3 Å². The summed E-state index contributed by atoms with van der Waals surface area (Å²) in [4.78, 5) is 0.315. The maximum absolute atomic E-state index is 12.2. The van der Waals surface area contributed by atoms with Crippen molar-refractivity contribution in [3.8, 4) is 0 Å². The number of aryl methyl sites for hydroxylation is 1. The minimum absolute atomic E-state index is 0.00905. The van der Waals surface area contributed by atoms with Gasteiger partial charge in [-0.15, -0.1) is 0 Å².